The van der Waals surface area contributed by atoms with Crippen molar-refractivity contribution in [2.45, 2.75) is 31.7 Å². The molecule has 3 heterocycles. The zero-order valence-electron chi connectivity index (χ0n) is 12.8. The second-order valence-electron chi connectivity index (χ2n) is 5.92. The molecule has 23 heavy (non-hydrogen) atoms. The highest BCUT2D eigenvalue weighted by atomic mass is 32.2. The van der Waals surface area contributed by atoms with Gasteiger partial charge in [0.25, 0.3) is 0 Å². The molecule has 0 aromatic carbocycles. The van der Waals surface area contributed by atoms with Crippen molar-refractivity contribution in [1.82, 2.24) is 9.88 Å². The van der Waals surface area contributed by atoms with Gasteiger partial charge in [0, 0.05) is 29.0 Å². The fraction of sp³-hybridized carbons (Fsp3) is 0.438. The zero-order valence-corrected chi connectivity index (χ0v) is 13.7. The highest BCUT2D eigenvalue weighted by Gasteiger charge is 2.59. The highest BCUT2D eigenvalue weighted by molar-refractivity contribution is 8.02. The second kappa shape index (κ2) is 5.98. The van der Waals surface area contributed by atoms with Crippen LogP contribution in [0.4, 0.5) is 0 Å². The van der Waals surface area contributed by atoms with E-state index in [0.29, 0.717) is 10.7 Å². The van der Waals surface area contributed by atoms with Gasteiger partial charge in [0.1, 0.15) is 5.70 Å². The van der Waals surface area contributed by atoms with Crippen molar-refractivity contribution in [3.05, 3.63) is 40.7 Å². The van der Waals surface area contributed by atoms with Gasteiger partial charge in [0.05, 0.1) is 18.1 Å². The third-order valence-electron chi connectivity index (χ3n) is 4.43. The highest BCUT2D eigenvalue weighted by Crippen LogP contribution is 2.50. The topological polar surface area (TPSA) is 90.7 Å². The van der Waals surface area contributed by atoms with Crippen LogP contribution in [-0.2, 0) is 15.3 Å². The number of aliphatic carboxylic acids is 1. The van der Waals surface area contributed by atoms with E-state index in [1.165, 1.54) is 16.7 Å². The molecule has 0 radical (unpaired) electrons. The average molecular weight is 334 g/mol. The Kier molecular flexibility index (Phi) is 4.16. The third-order valence-corrected chi connectivity index (χ3v) is 5.78. The first-order valence-electron chi connectivity index (χ1n) is 7.43. The van der Waals surface area contributed by atoms with Gasteiger partial charge in [-0.3, -0.25) is 9.78 Å². The monoisotopic (exact) mass is 334 g/mol. The minimum Gasteiger partial charge on any atom is -0.477 e. The molecule has 1 aromatic heterocycles. The molecule has 122 valence electrons. The summed E-state index contributed by atoms with van der Waals surface area (Å²) in [5, 5.41) is 19.3. The lowest BCUT2D eigenvalue weighted by atomic mass is 9.79. The predicted molar refractivity (Wildman–Crippen MR) is 85.2 cm³/mol. The Bertz CT molecular complexity index is 674. The van der Waals surface area contributed by atoms with Gasteiger partial charge in [0.2, 0.25) is 5.91 Å². The van der Waals surface area contributed by atoms with Gasteiger partial charge in [-0.15, -0.1) is 11.8 Å². The molecule has 1 saturated heterocycles. The maximum Gasteiger partial charge on any atom is 0.353 e. The lowest BCUT2D eigenvalue weighted by Gasteiger charge is -2.46. The van der Waals surface area contributed by atoms with Gasteiger partial charge in [-0.05, 0) is 18.6 Å². The number of carboxylic acid groups (broad SMARTS) is 1. The molecule has 0 unspecified atom stereocenters. The SMILES string of the molecule is C[C@@H](O)[C@H]1C(=O)N2C(C(=O)O)=C(SCc3cccnc3)[C@H](C)[C@H]12. The van der Waals surface area contributed by atoms with Crippen molar-refractivity contribution >= 4 is 23.6 Å². The fourth-order valence-electron chi connectivity index (χ4n) is 3.36. The van der Waals surface area contributed by atoms with Crippen molar-refractivity contribution in [2.75, 3.05) is 0 Å². The summed E-state index contributed by atoms with van der Waals surface area (Å²) < 4.78 is 0. The van der Waals surface area contributed by atoms with Crippen LogP contribution < -0.4 is 0 Å². The van der Waals surface area contributed by atoms with E-state index in [-0.39, 0.29) is 23.6 Å². The number of amides is 1. The lowest BCUT2D eigenvalue weighted by Crippen LogP contribution is -2.63. The molecule has 2 aliphatic heterocycles. The van der Waals surface area contributed by atoms with E-state index in [9.17, 15) is 19.8 Å². The molecule has 2 N–H and O–H groups in total. The van der Waals surface area contributed by atoms with Gasteiger partial charge >= 0.3 is 5.97 Å². The van der Waals surface area contributed by atoms with E-state index >= 15 is 0 Å². The number of fused-ring (bicyclic) bond motifs is 1. The first-order chi connectivity index (χ1) is 10.9. The number of aliphatic hydroxyl groups is 1. The number of nitrogens with zero attached hydrogens (tertiary/aromatic N) is 2. The lowest BCUT2D eigenvalue weighted by molar-refractivity contribution is -0.163. The number of carbonyl (C=O) groups excluding carboxylic acids is 1. The van der Waals surface area contributed by atoms with Gasteiger partial charge in [-0.1, -0.05) is 13.0 Å². The largest absolute Gasteiger partial charge is 0.477 e. The van der Waals surface area contributed by atoms with E-state index < -0.39 is 18.0 Å². The molecule has 0 aliphatic carbocycles. The first-order valence-corrected chi connectivity index (χ1v) is 8.42. The van der Waals surface area contributed by atoms with Crippen molar-refractivity contribution in [3.63, 3.8) is 0 Å². The van der Waals surface area contributed by atoms with Crippen LogP contribution in [0.1, 0.15) is 19.4 Å². The number of rotatable bonds is 5. The number of pyridine rings is 1. The molecule has 1 fully saturated rings. The van der Waals surface area contributed by atoms with E-state index in [4.69, 9.17) is 0 Å². The van der Waals surface area contributed by atoms with Crippen LogP contribution in [0.15, 0.2) is 35.1 Å². The molecule has 7 heteroatoms. The summed E-state index contributed by atoms with van der Waals surface area (Å²) in [4.78, 5) is 29.9. The summed E-state index contributed by atoms with van der Waals surface area (Å²) in [5.41, 5.74) is 1.06. The molecule has 0 spiro atoms. The number of carboxylic acids is 1. The molecular formula is C16H18N2O4S. The predicted octanol–water partition coefficient (Wildman–Crippen LogP) is 1.47. The molecule has 2 aliphatic rings. The minimum absolute atomic E-state index is 0.0679. The number of β-lactam (4-membered cyclic amide) rings is 1. The maximum absolute atomic E-state index is 12.2. The van der Waals surface area contributed by atoms with Crippen LogP contribution in [0.3, 0.4) is 0 Å². The van der Waals surface area contributed by atoms with Crippen LogP contribution in [-0.4, -0.2) is 44.1 Å². The van der Waals surface area contributed by atoms with Gasteiger partial charge < -0.3 is 15.1 Å². The molecule has 6 nitrogen and oxygen atoms in total. The van der Waals surface area contributed by atoms with Crippen LogP contribution in [0.2, 0.25) is 0 Å². The van der Waals surface area contributed by atoms with E-state index in [2.05, 4.69) is 4.98 Å². The molecule has 0 bridgehead atoms. The Labute approximate surface area is 138 Å². The number of aliphatic hydroxyl groups excluding tert-OH is 1. The van der Waals surface area contributed by atoms with Crippen LogP contribution in [0, 0.1) is 11.8 Å². The number of hydrogen-bond acceptors (Lipinski definition) is 5. The normalized spacial score (nSPS) is 27.7. The van der Waals surface area contributed by atoms with Gasteiger partial charge in [-0.25, -0.2) is 4.79 Å². The number of hydrogen-bond donors (Lipinski definition) is 2. The minimum atomic E-state index is -1.09. The number of thioether (sulfide) groups is 1. The quantitative estimate of drug-likeness (QED) is 0.793. The van der Waals surface area contributed by atoms with Crippen molar-refractivity contribution in [1.29, 1.82) is 0 Å². The Morgan fingerprint density at radius 3 is 2.83 bits per heavy atom. The molecule has 3 rings (SSSR count). The van der Waals surface area contributed by atoms with Crippen molar-refractivity contribution in [3.8, 4) is 0 Å². The van der Waals surface area contributed by atoms with Crippen LogP contribution in [0.25, 0.3) is 0 Å². The van der Waals surface area contributed by atoms with E-state index in [0.717, 1.165) is 5.56 Å². The molecule has 0 saturated carbocycles. The van der Waals surface area contributed by atoms with E-state index in [1.807, 2.05) is 19.1 Å². The molecular weight excluding hydrogens is 316 g/mol. The smallest absolute Gasteiger partial charge is 0.353 e. The van der Waals surface area contributed by atoms with Crippen molar-refractivity contribution in [2.24, 2.45) is 11.8 Å². The second-order valence-corrected chi connectivity index (χ2v) is 6.94. The Morgan fingerprint density at radius 2 is 2.26 bits per heavy atom. The number of aromatic nitrogens is 1. The molecule has 4 atom stereocenters. The molecule has 1 aromatic rings. The van der Waals surface area contributed by atoms with E-state index in [1.54, 1.807) is 19.3 Å². The Hall–Kier alpha value is -1.86. The standard InChI is InChI=1S/C16H18N2O4S/c1-8-12-11(9(2)19)15(20)18(12)13(16(21)22)14(8)23-7-10-4-3-5-17-6-10/h3-6,8-9,11-12,19H,7H2,1-2H3,(H,21,22)/t8-,9-,11-,12-/m1/s1. The summed E-state index contributed by atoms with van der Waals surface area (Å²) >= 11 is 1.43. The van der Waals surface area contributed by atoms with Gasteiger partial charge in [0.15, 0.2) is 0 Å². The van der Waals surface area contributed by atoms with Crippen molar-refractivity contribution < 1.29 is 19.8 Å². The third kappa shape index (κ3) is 2.53. The number of carbonyl (C=O) groups is 2. The average Bonchev–Trinajstić information content (AvgIpc) is 2.75. The Morgan fingerprint density at radius 1 is 1.52 bits per heavy atom. The van der Waals surface area contributed by atoms with Crippen LogP contribution in [0.5, 0.6) is 0 Å². The summed E-state index contributed by atoms with van der Waals surface area (Å²) in [6, 6.07) is 3.50. The first kappa shape index (κ1) is 16.0. The molecule has 1 amide bonds. The zero-order chi connectivity index (χ0) is 16.7. The van der Waals surface area contributed by atoms with Gasteiger partial charge in [-0.2, -0.15) is 0 Å². The fourth-order valence-corrected chi connectivity index (χ4v) is 4.58. The summed E-state index contributed by atoms with van der Waals surface area (Å²) in [6.45, 7) is 3.49. The maximum atomic E-state index is 12.2. The summed E-state index contributed by atoms with van der Waals surface area (Å²) in [5.74, 6) is -1.41. The summed E-state index contributed by atoms with van der Waals surface area (Å²) in [6.07, 6.45) is 2.65. The van der Waals surface area contributed by atoms with Crippen LogP contribution >= 0.6 is 11.8 Å². The Balaban J connectivity index is 1.86. The summed E-state index contributed by atoms with van der Waals surface area (Å²) in [7, 11) is 0.